The van der Waals surface area contributed by atoms with Gasteiger partial charge in [-0.2, -0.15) is 0 Å². The maximum Gasteiger partial charge on any atom is 0.236 e. The first-order valence-electron chi connectivity index (χ1n) is 9.75. The standard InChI is InChI=1S/C20H32N4O2/c1-17-4-3-5-19(18(17)2)23-8-10-24(11-9-23)20(25)16-21-6-7-22-12-14-26-15-13-22/h3-5,21H,6-16H2,1-2H3. The van der Waals surface area contributed by atoms with Crippen molar-refractivity contribution >= 4 is 11.6 Å². The zero-order chi connectivity index (χ0) is 18.4. The molecule has 1 amide bonds. The van der Waals surface area contributed by atoms with Crippen LogP contribution in [0.1, 0.15) is 11.1 Å². The van der Waals surface area contributed by atoms with Crippen LogP contribution in [0.2, 0.25) is 0 Å². The van der Waals surface area contributed by atoms with Crippen molar-refractivity contribution in [3.8, 4) is 0 Å². The maximum atomic E-state index is 12.4. The van der Waals surface area contributed by atoms with Gasteiger partial charge in [0.05, 0.1) is 19.8 Å². The normalized spacial score (nSPS) is 19.0. The van der Waals surface area contributed by atoms with Gasteiger partial charge in [0.1, 0.15) is 0 Å². The second kappa shape index (κ2) is 9.35. The minimum absolute atomic E-state index is 0.215. The number of rotatable bonds is 6. The molecule has 2 heterocycles. The summed E-state index contributed by atoms with van der Waals surface area (Å²) in [6.45, 7) is 13.7. The molecule has 0 aromatic heterocycles. The van der Waals surface area contributed by atoms with Gasteiger partial charge >= 0.3 is 0 Å². The Balaban J connectivity index is 1.37. The SMILES string of the molecule is Cc1cccc(N2CCN(C(=O)CNCCN3CCOCC3)CC2)c1C. The van der Waals surface area contributed by atoms with Crippen LogP contribution in [0.3, 0.4) is 0 Å². The summed E-state index contributed by atoms with van der Waals surface area (Å²) in [7, 11) is 0. The molecule has 1 aromatic carbocycles. The molecular formula is C20H32N4O2. The lowest BCUT2D eigenvalue weighted by Gasteiger charge is -2.37. The summed E-state index contributed by atoms with van der Waals surface area (Å²) in [6.07, 6.45) is 0. The third-order valence-corrected chi connectivity index (χ3v) is 5.53. The van der Waals surface area contributed by atoms with Crippen LogP contribution in [0.15, 0.2) is 18.2 Å². The Morgan fingerprint density at radius 2 is 1.81 bits per heavy atom. The van der Waals surface area contributed by atoms with Crippen LogP contribution < -0.4 is 10.2 Å². The zero-order valence-electron chi connectivity index (χ0n) is 16.2. The lowest BCUT2D eigenvalue weighted by molar-refractivity contribution is -0.130. The van der Waals surface area contributed by atoms with Crippen molar-refractivity contribution < 1.29 is 9.53 Å². The number of hydrogen-bond donors (Lipinski definition) is 1. The molecule has 0 aliphatic carbocycles. The van der Waals surface area contributed by atoms with Gasteiger partial charge in [-0.1, -0.05) is 12.1 Å². The lowest BCUT2D eigenvalue weighted by atomic mass is 10.1. The van der Waals surface area contributed by atoms with Crippen LogP contribution in [-0.4, -0.2) is 87.8 Å². The molecule has 6 nitrogen and oxygen atoms in total. The second-order valence-electron chi connectivity index (χ2n) is 7.22. The molecule has 0 bridgehead atoms. The number of nitrogens with zero attached hydrogens (tertiary/aromatic N) is 3. The summed E-state index contributed by atoms with van der Waals surface area (Å²) in [4.78, 5) is 19.2. The topological polar surface area (TPSA) is 48.0 Å². The Morgan fingerprint density at radius 1 is 1.08 bits per heavy atom. The summed E-state index contributed by atoms with van der Waals surface area (Å²) >= 11 is 0. The Bertz CT molecular complexity index is 593. The van der Waals surface area contributed by atoms with Gasteiger partial charge in [-0.3, -0.25) is 9.69 Å². The predicted molar refractivity (Wildman–Crippen MR) is 105 cm³/mol. The van der Waals surface area contributed by atoms with Crippen molar-refractivity contribution in [1.82, 2.24) is 15.1 Å². The van der Waals surface area contributed by atoms with Gasteiger partial charge in [0, 0.05) is 58.0 Å². The highest BCUT2D eigenvalue weighted by Gasteiger charge is 2.22. The first-order valence-corrected chi connectivity index (χ1v) is 9.75. The fraction of sp³-hybridized carbons (Fsp3) is 0.650. The van der Waals surface area contributed by atoms with Crippen LogP contribution in [0.5, 0.6) is 0 Å². The van der Waals surface area contributed by atoms with Gasteiger partial charge < -0.3 is 19.9 Å². The Hall–Kier alpha value is -1.63. The molecule has 0 radical (unpaired) electrons. The number of carbonyl (C=O) groups excluding carboxylic acids is 1. The van der Waals surface area contributed by atoms with E-state index < -0.39 is 0 Å². The van der Waals surface area contributed by atoms with Crippen LogP contribution >= 0.6 is 0 Å². The third-order valence-electron chi connectivity index (χ3n) is 5.53. The van der Waals surface area contributed by atoms with Gasteiger partial charge in [0.25, 0.3) is 0 Å². The number of aryl methyl sites for hydroxylation is 1. The van der Waals surface area contributed by atoms with E-state index in [1.165, 1.54) is 16.8 Å². The Kier molecular flexibility index (Phi) is 6.88. The third kappa shape index (κ3) is 4.96. The van der Waals surface area contributed by atoms with E-state index in [4.69, 9.17) is 4.74 Å². The van der Waals surface area contributed by atoms with E-state index in [2.05, 4.69) is 47.2 Å². The van der Waals surface area contributed by atoms with E-state index >= 15 is 0 Å². The van der Waals surface area contributed by atoms with E-state index in [1.807, 2.05) is 4.90 Å². The molecule has 6 heteroatoms. The zero-order valence-corrected chi connectivity index (χ0v) is 16.2. The number of anilines is 1. The molecule has 0 atom stereocenters. The molecule has 0 saturated carbocycles. The van der Waals surface area contributed by atoms with Crippen molar-refractivity contribution in [2.45, 2.75) is 13.8 Å². The van der Waals surface area contributed by atoms with E-state index in [1.54, 1.807) is 0 Å². The van der Waals surface area contributed by atoms with Gasteiger partial charge in [0.15, 0.2) is 0 Å². The molecule has 144 valence electrons. The number of ether oxygens (including phenoxy) is 1. The summed E-state index contributed by atoms with van der Waals surface area (Å²) in [5.74, 6) is 0.215. The summed E-state index contributed by atoms with van der Waals surface area (Å²) in [5.41, 5.74) is 3.98. The first kappa shape index (κ1) is 19.1. The fourth-order valence-electron chi connectivity index (χ4n) is 3.64. The number of hydrogen-bond acceptors (Lipinski definition) is 5. The molecule has 0 spiro atoms. The maximum absolute atomic E-state index is 12.4. The summed E-state index contributed by atoms with van der Waals surface area (Å²) in [5, 5.41) is 3.30. The van der Waals surface area contributed by atoms with Crippen LogP contribution in [0, 0.1) is 13.8 Å². The Morgan fingerprint density at radius 3 is 2.54 bits per heavy atom. The fourth-order valence-corrected chi connectivity index (χ4v) is 3.64. The number of carbonyl (C=O) groups is 1. The highest BCUT2D eigenvalue weighted by atomic mass is 16.5. The van der Waals surface area contributed by atoms with Gasteiger partial charge in [-0.15, -0.1) is 0 Å². The van der Waals surface area contributed by atoms with Gasteiger partial charge in [0.2, 0.25) is 5.91 Å². The number of piperazine rings is 1. The number of benzene rings is 1. The number of nitrogens with one attached hydrogen (secondary N) is 1. The van der Waals surface area contributed by atoms with E-state index in [0.29, 0.717) is 6.54 Å². The average molecular weight is 361 g/mol. The first-order chi connectivity index (χ1) is 12.6. The van der Waals surface area contributed by atoms with Gasteiger partial charge in [-0.25, -0.2) is 0 Å². The smallest absolute Gasteiger partial charge is 0.236 e. The molecule has 1 aromatic rings. The van der Waals surface area contributed by atoms with Crippen molar-refractivity contribution in [2.75, 3.05) is 77.0 Å². The van der Waals surface area contributed by atoms with E-state index in [0.717, 1.165) is 65.6 Å². The predicted octanol–water partition coefficient (Wildman–Crippen LogP) is 0.874. The molecule has 3 rings (SSSR count). The number of amides is 1. The monoisotopic (exact) mass is 360 g/mol. The molecule has 2 aliphatic heterocycles. The average Bonchev–Trinajstić information content (AvgIpc) is 2.68. The lowest BCUT2D eigenvalue weighted by Crippen LogP contribution is -2.51. The van der Waals surface area contributed by atoms with Crippen LogP contribution in [0.25, 0.3) is 0 Å². The molecular weight excluding hydrogens is 328 g/mol. The molecule has 2 aliphatic rings. The molecule has 0 unspecified atom stereocenters. The second-order valence-corrected chi connectivity index (χ2v) is 7.22. The molecule has 2 saturated heterocycles. The highest BCUT2D eigenvalue weighted by Crippen LogP contribution is 2.23. The molecule has 2 fully saturated rings. The van der Waals surface area contributed by atoms with Crippen molar-refractivity contribution in [3.63, 3.8) is 0 Å². The summed E-state index contributed by atoms with van der Waals surface area (Å²) < 4.78 is 5.35. The van der Waals surface area contributed by atoms with Crippen LogP contribution in [0.4, 0.5) is 5.69 Å². The minimum Gasteiger partial charge on any atom is -0.379 e. The highest BCUT2D eigenvalue weighted by molar-refractivity contribution is 5.78. The van der Waals surface area contributed by atoms with E-state index in [-0.39, 0.29) is 5.91 Å². The summed E-state index contributed by atoms with van der Waals surface area (Å²) in [6, 6.07) is 6.46. The molecule has 1 N–H and O–H groups in total. The van der Waals surface area contributed by atoms with Crippen molar-refractivity contribution in [2.24, 2.45) is 0 Å². The Labute approximate surface area is 157 Å². The quantitative estimate of drug-likeness (QED) is 0.763. The largest absolute Gasteiger partial charge is 0.379 e. The van der Waals surface area contributed by atoms with Gasteiger partial charge in [-0.05, 0) is 31.0 Å². The van der Waals surface area contributed by atoms with E-state index in [9.17, 15) is 4.79 Å². The number of morpholine rings is 1. The minimum atomic E-state index is 0.215. The van der Waals surface area contributed by atoms with Crippen molar-refractivity contribution in [1.29, 1.82) is 0 Å². The van der Waals surface area contributed by atoms with Crippen LogP contribution in [-0.2, 0) is 9.53 Å². The molecule has 26 heavy (non-hydrogen) atoms. The van der Waals surface area contributed by atoms with Crippen molar-refractivity contribution in [3.05, 3.63) is 29.3 Å².